The van der Waals surface area contributed by atoms with Gasteiger partial charge in [-0.1, -0.05) is 24.3 Å². The third-order valence-electron chi connectivity index (χ3n) is 5.95. The first-order valence-corrected chi connectivity index (χ1v) is 11.4. The van der Waals surface area contributed by atoms with Crippen molar-refractivity contribution in [3.63, 3.8) is 0 Å². The van der Waals surface area contributed by atoms with Gasteiger partial charge in [0.15, 0.2) is 5.78 Å². The molecular formula is C24H22BrN5O2. The molecule has 1 amide bonds. The SMILES string of the molecule is CC(=O)c1cn(CC(=O)N2CCC[C@H]2c2ncc(-c3cccc(Br)n3)[nH]2)c2ccccc12. The summed E-state index contributed by atoms with van der Waals surface area (Å²) in [6, 6.07) is 13.3. The van der Waals surface area contributed by atoms with Crippen LogP contribution in [0.15, 0.2) is 59.5 Å². The van der Waals surface area contributed by atoms with E-state index in [1.165, 1.54) is 0 Å². The topological polar surface area (TPSA) is 83.9 Å². The Morgan fingerprint density at radius 2 is 2.03 bits per heavy atom. The number of para-hydroxylation sites is 1. The number of Topliss-reactive ketones (excluding diaryl/α,β-unsaturated/α-hetero) is 1. The van der Waals surface area contributed by atoms with Crippen molar-refractivity contribution >= 4 is 38.5 Å². The van der Waals surface area contributed by atoms with Gasteiger partial charge in [-0.2, -0.15) is 0 Å². The van der Waals surface area contributed by atoms with Crippen LogP contribution in [0.25, 0.3) is 22.3 Å². The van der Waals surface area contributed by atoms with Crippen molar-refractivity contribution in [2.75, 3.05) is 6.54 Å². The van der Waals surface area contributed by atoms with Crippen LogP contribution in [0.2, 0.25) is 0 Å². The van der Waals surface area contributed by atoms with Crippen LogP contribution in [0, 0.1) is 0 Å². The molecule has 1 fully saturated rings. The van der Waals surface area contributed by atoms with Gasteiger partial charge in [0.2, 0.25) is 5.91 Å². The fraction of sp³-hybridized carbons (Fsp3) is 0.250. The lowest BCUT2D eigenvalue weighted by Crippen LogP contribution is -2.33. The molecule has 4 aromatic rings. The number of ketones is 1. The van der Waals surface area contributed by atoms with Gasteiger partial charge >= 0.3 is 0 Å². The molecular weight excluding hydrogens is 470 g/mol. The number of imidazole rings is 1. The second-order valence-electron chi connectivity index (χ2n) is 8.02. The number of amides is 1. The predicted molar refractivity (Wildman–Crippen MR) is 125 cm³/mol. The second-order valence-corrected chi connectivity index (χ2v) is 8.83. The Labute approximate surface area is 193 Å². The zero-order valence-electron chi connectivity index (χ0n) is 17.6. The normalized spacial score (nSPS) is 16.1. The number of H-pyrrole nitrogens is 1. The standard InChI is InChI=1S/C24H22BrN5O2/c1-15(31)17-13-29(20-8-3-2-6-16(17)20)14-23(32)30-11-5-9-21(30)24-26-12-19(28-24)18-7-4-10-22(25)27-18/h2-4,6-8,10,12-13,21H,5,9,11,14H2,1H3,(H,26,28)/t21-/m0/s1. The maximum absolute atomic E-state index is 13.3. The maximum atomic E-state index is 13.3. The van der Waals surface area contributed by atoms with Gasteiger partial charge in [-0.15, -0.1) is 0 Å². The number of aromatic amines is 1. The molecule has 1 N–H and O–H groups in total. The lowest BCUT2D eigenvalue weighted by atomic mass is 10.1. The quantitative estimate of drug-likeness (QED) is 0.322. The summed E-state index contributed by atoms with van der Waals surface area (Å²) in [6.45, 7) is 2.43. The van der Waals surface area contributed by atoms with Gasteiger partial charge < -0.3 is 14.5 Å². The molecule has 1 aliphatic rings. The predicted octanol–water partition coefficient (Wildman–Crippen LogP) is 4.76. The molecule has 32 heavy (non-hydrogen) atoms. The summed E-state index contributed by atoms with van der Waals surface area (Å²) < 4.78 is 2.63. The van der Waals surface area contributed by atoms with Crippen LogP contribution in [0.5, 0.6) is 0 Å². The molecule has 4 heterocycles. The van der Waals surface area contributed by atoms with E-state index in [-0.39, 0.29) is 24.3 Å². The van der Waals surface area contributed by atoms with Crippen LogP contribution in [0.3, 0.4) is 0 Å². The number of carbonyl (C=O) groups excluding carboxylic acids is 2. The molecule has 1 atom stereocenters. The summed E-state index contributed by atoms with van der Waals surface area (Å²) in [5.74, 6) is 0.784. The number of nitrogens with zero attached hydrogens (tertiary/aromatic N) is 4. The second kappa shape index (κ2) is 8.35. The van der Waals surface area contributed by atoms with Crippen molar-refractivity contribution in [2.24, 2.45) is 0 Å². The van der Waals surface area contributed by atoms with E-state index in [2.05, 4.69) is 30.9 Å². The number of halogens is 1. The number of aromatic nitrogens is 4. The minimum absolute atomic E-state index is 0.00396. The Bertz CT molecular complexity index is 1320. The molecule has 0 saturated carbocycles. The highest BCUT2D eigenvalue weighted by Gasteiger charge is 2.32. The summed E-state index contributed by atoms with van der Waals surface area (Å²) in [5, 5.41) is 0.878. The molecule has 1 aliphatic heterocycles. The molecule has 0 radical (unpaired) electrons. The van der Waals surface area contributed by atoms with Crippen molar-refractivity contribution in [2.45, 2.75) is 32.4 Å². The molecule has 5 rings (SSSR count). The number of hydrogen-bond acceptors (Lipinski definition) is 4. The number of benzene rings is 1. The third-order valence-corrected chi connectivity index (χ3v) is 6.39. The lowest BCUT2D eigenvalue weighted by molar-refractivity contribution is -0.132. The van der Waals surface area contributed by atoms with Crippen LogP contribution in [-0.2, 0) is 11.3 Å². The van der Waals surface area contributed by atoms with E-state index in [1.807, 2.05) is 51.9 Å². The summed E-state index contributed by atoms with van der Waals surface area (Å²) >= 11 is 3.40. The van der Waals surface area contributed by atoms with E-state index in [4.69, 9.17) is 0 Å². The van der Waals surface area contributed by atoms with E-state index in [0.29, 0.717) is 12.1 Å². The first-order chi connectivity index (χ1) is 15.5. The number of likely N-dealkylation sites (tertiary alicyclic amines) is 1. The average molecular weight is 492 g/mol. The molecule has 1 aromatic carbocycles. The summed E-state index contributed by atoms with van der Waals surface area (Å²) in [4.78, 5) is 39.6. The minimum Gasteiger partial charge on any atom is -0.339 e. The van der Waals surface area contributed by atoms with Crippen molar-refractivity contribution in [3.8, 4) is 11.4 Å². The van der Waals surface area contributed by atoms with Gasteiger partial charge in [0.25, 0.3) is 0 Å². The zero-order valence-corrected chi connectivity index (χ0v) is 19.2. The van der Waals surface area contributed by atoms with Gasteiger partial charge in [0.05, 0.1) is 23.6 Å². The average Bonchev–Trinajstić information content (AvgIpc) is 3.52. The molecule has 0 spiro atoms. The molecule has 0 aliphatic carbocycles. The molecule has 0 bridgehead atoms. The summed E-state index contributed by atoms with van der Waals surface area (Å²) in [5.41, 5.74) is 3.15. The first kappa shape index (κ1) is 20.6. The summed E-state index contributed by atoms with van der Waals surface area (Å²) in [6.07, 6.45) is 5.34. The number of carbonyl (C=O) groups is 2. The fourth-order valence-electron chi connectivity index (χ4n) is 4.44. The molecule has 7 nitrogen and oxygen atoms in total. The van der Waals surface area contributed by atoms with Crippen molar-refractivity contribution in [3.05, 3.63) is 70.8 Å². The number of rotatable bonds is 5. The Hall–Kier alpha value is -3.26. The maximum Gasteiger partial charge on any atom is 0.243 e. The molecule has 162 valence electrons. The number of nitrogens with one attached hydrogen (secondary N) is 1. The Kier molecular flexibility index (Phi) is 5.38. The van der Waals surface area contributed by atoms with Gasteiger partial charge in [0.1, 0.15) is 17.0 Å². The third kappa shape index (κ3) is 3.75. The van der Waals surface area contributed by atoms with E-state index >= 15 is 0 Å². The van der Waals surface area contributed by atoms with E-state index < -0.39 is 0 Å². The van der Waals surface area contributed by atoms with Crippen molar-refractivity contribution in [1.82, 2.24) is 24.4 Å². The largest absolute Gasteiger partial charge is 0.339 e. The summed E-state index contributed by atoms with van der Waals surface area (Å²) in [7, 11) is 0. The van der Waals surface area contributed by atoms with Crippen molar-refractivity contribution in [1.29, 1.82) is 0 Å². The molecule has 3 aromatic heterocycles. The van der Waals surface area contributed by atoms with Crippen LogP contribution in [-0.4, -0.2) is 42.7 Å². The van der Waals surface area contributed by atoms with E-state index in [9.17, 15) is 9.59 Å². The van der Waals surface area contributed by atoms with Gasteiger partial charge in [-0.05, 0) is 53.9 Å². The molecule has 0 unspecified atom stereocenters. The zero-order chi connectivity index (χ0) is 22.2. The number of fused-ring (bicyclic) bond motifs is 1. The van der Waals surface area contributed by atoms with Gasteiger partial charge in [0, 0.05) is 29.2 Å². The Morgan fingerprint density at radius 3 is 2.84 bits per heavy atom. The van der Waals surface area contributed by atoms with Crippen LogP contribution >= 0.6 is 15.9 Å². The lowest BCUT2D eigenvalue weighted by Gasteiger charge is -2.23. The van der Waals surface area contributed by atoms with E-state index in [1.54, 1.807) is 19.3 Å². The monoisotopic (exact) mass is 491 g/mol. The van der Waals surface area contributed by atoms with Crippen LogP contribution < -0.4 is 0 Å². The van der Waals surface area contributed by atoms with Gasteiger partial charge in [-0.3, -0.25) is 9.59 Å². The highest BCUT2D eigenvalue weighted by atomic mass is 79.9. The Morgan fingerprint density at radius 1 is 1.19 bits per heavy atom. The highest BCUT2D eigenvalue weighted by molar-refractivity contribution is 9.10. The molecule has 1 saturated heterocycles. The number of hydrogen-bond donors (Lipinski definition) is 1. The van der Waals surface area contributed by atoms with Crippen LogP contribution in [0.4, 0.5) is 0 Å². The first-order valence-electron chi connectivity index (χ1n) is 10.6. The number of pyridine rings is 1. The van der Waals surface area contributed by atoms with Gasteiger partial charge in [-0.25, -0.2) is 9.97 Å². The Balaban J connectivity index is 1.39. The van der Waals surface area contributed by atoms with E-state index in [0.717, 1.165) is 45.6 Å². The highest BCUT2D eigenvalue weighted by Crippen LogP contribution is 2.32. The molecule has 8 heteroatoms. The minimum atomic E-state index is -0.0995. The smallest absolute Gasteiger partial charge is 0.243 e. The fourth-order valence-corrected chi connectivity index (χ4v) is 4.78. The van der Waals surface area contributed by atoms with Crippen molar-refractivity contribution < 1.29 is 9.59 Å². The van der Waals surface area contributed by atoms with Crippen LogP contribution in [0.1, 0.15) is 42.0 Å².